The van der Waals surface area contributed by atoms with Crippen LogP contribution in [0.1, 0.15) is 5.69 Å². The van der Waals surface area contributed by atoms with E-state index in [-0.39, 0.29) is 5.71 Å². The van der Waals surface area contributed by atoms with Gasteiger partial charge in [0.15, 0.2) is 23.0 Å². The van der Waals surface area contributed by atoms with E-state index in [9.17, 15) is 0 Å². The summed E-state index contributed by atoms with van der Waals surface area (Å²) in [5.74, 6) is 1.21. The lowest BCUT2D eigenvalue weighted by atomic mass is 10.3. The van der Waals surface area contributed by atoms with Gasteiger partial charge in [0, 0.05) is 16.7 Å². The average molecular weight is 372 g/mol. The van der Waals surface area contributed by atoms with Gasteiger partial charge in [0.1, 0.15) is 0 Å². The number of nitrogens with two attached hydrogens (primary N) is 3. The van der Waals surface area contributed by atoms with Gasteiger partial charge in [-0.15, -0.1) is 0 Å². The fourth-order valence-electron chi connectivity index (χ4n) is 3.08. The average Bonchev–Trinajstić information content (AvgIpc) is 3.33. The van der Waals surface area contributed by atoms with Crippen LogP contribution >= 0.6 is 0 Å². The first-order valence-corrected chi connectivity index (χ1v) is 8.42. The first-order chi connectivity index (χ1) is 13.4. The molecule has 0 fully saturated rings. The summed E-state index contributed by atoms with van der Waals surface area (Å²) in [4.78, 5) is 19.6. The van der Waals surface area contributed by atoms with E-state index in [0.717, 1.165) is 11.0 Å². The maximum Gasteiger partial charge on any atom is 0.178 e. The number of hydrogen-bond donors (Lipinski definition) is 7. The van der Waals surface area contributed by atoms with Gasteiger partial charge in [0.05, 0.1) is 28.5 Å². The molecule has 5 rings (SSSR count). The summed E-state index contributed by atoms with van der Waals surface area (Å²) in [5, 5.41) is 12.0. The van der Waals surface area contributed by atoms with E-state index in [1.54, 1.807) is 30.4 Å². The molecule has 0 unspecified atom stereocenters. The maximum atomic E-state index is 8.14. The lowest BCUT2D eigenvalue weighted by Crippen LogP contribution is -2.20. The number of hydrogen-bond acceptors (Lipinski definition) is 8. The second-order valence-corrected chi connectivity index (χ2v) is 6.52. The Labute approximate surface area is 158 Å². The predicted molar refractivity (Wildman–Crippen MR) is 109 cm³/mol. The Balaban J connectivity index is 1.76. The van der Waals surface area contributed by atoms with Crippen molar-refractivity contribution in [2.24, 2.45) is 20.7 Å². The zero-order chi connectivity index (χ0) is 19.4. The summed E-state index contributed by atoms with van der Waals surface area (Å²) in [5.41, 5.74) is 22.3. The molecular formula is C18H16N10. The molecule has 0 aliphatic carbocycles. The maximum absolute atomic E-state index is 8.14. The number of H-pyrrole nitrogens is 2. The fourth-order valence-corrected chi connectivity index (χ4v) is 3.08. The van der Waals surface area contributed by atoms with Crippen molar-refractivity contribution in [3.05, 3.63) is 64.0 Å². The summed E-state index contributed by atoms with van der Waals surface area (Å²) in [6, 6.07) is 3.52. The number of nitrogens with one attached hydrogen (secondary N) is 4. The van der Waals surface area contributed by atoms with Crippen molar-refractivity contribution in [1.29, 1.82) is 5.41 Å². The second-order valence-electron chi connectivity index (χ2n) is 6.52. The molecule has 0 spiro atoms. The summed E-state index contributed by atoms with van der Waals surface area (Å²) in [7, 11) is 0. The number of amidine groups is 2. The molecule has 0 aromatic carbocycles. The third-order valence-corrected chi connectivity index (χ3v) is 4.36. The molecule has 2 aromatic rings. The minimum absolute atomic E-state index is 0.237. The van der Waals surface area contributed by atoms with Crippen LogP contribution in [-0.4, -0.2) is 27.4 Å². The molecule has 10 N–H and O–H groups in total. The number of nitrogen functional groups attached to an aromatic ring is 2. The largest absolute Gasteiger partial charge is 0.396 e. The Morgan fingerprint density at radius 2 is 1.71 bits per heavy atom. The third-order valence-electron chi connectivity index (χ3n) is 4.36. The molecule has 0 atom stereocenters. The van der Waals surface area contributed by atoms with E-state index in [0.29, 0.717) is 51.4 Å². The van der Waals surface area contributed by atoms with Gasteiger partial charge in [-0.3, -0.25) is 5.41 Å². The molecule has 8 bridgehead atoms. The number of nitrogens with zero attached hydrogens (tertiary/aromatic N) is 3. The number of allylic oxidation sites excluding steroid dienone is 2. The van der Waals surface area contributed by atoms with Gasteiger partial charge in [-0.25, -0.2) is 15.0 Å². The molecule has 3 aliphatic heterocycles. The van der Waals surface area contributed by atoms with Crippen LogP contribution < -0.4 is 33.4 Å². The summed E-state index contributed by atoms with van der Waals surface area (Å²) >= 11 is 0. The molecule has 10 nitrogen and oxygen atoms in total. The predicted octanol–water partition coefficient (Wildman–Crippen LogP) is -0.355. The minimum Gasteiger partial charge on any atom is -0.396 e. The summed E-state index contributed by atoms with van der Waals surface area (Å²) < 4.78 is 0. The zero-order valence-corrected chi connectivity index (χ0v) is 14.5. The van der Waals surface area contributed by atoms with Crippen molar-refractivity contribution in [3.63, 3.8) is 0 Å². The van der Waals surface area contributed by atoms with Gasteiger partial charge in [-0.1, -0.05) is 0 Å². The van der Waals surface area contributed by atoms with Crippen molar-refractivity contribution < 1.29 is 0 Å². The second kappa shape index (κ2) is 5.58. The highest BCUT2D eigenvalue weighted by Gasteiger charge is 2.19. The number of anilines is 2. The molecule has 0 saturated carbocycles. The van der Waals surface area contributed by atoms with Crippen LogP contribution in [0, 0.1) is 5.41 Å². The lowest BCUT2D eigenvalue weighted by molar-refractivity contribution is 1.17. The van der Waals surface area contributed by atoms with Crippen LogP contribution in [0.15, 0.2) is 62.4 Å². The number of aromatic amines is 2. The number of aliphatic imine (C=N–C) groups is 2. The van der Waals surface area contributed by atoms with E-state index in [1.165, 1.54) is 0 Å². The number of rotatable bonds is 0. The SMILES string of the molecule is N=C1C=C2C=C3C=C(N)C(=N3)N=c3[nH]c(cc3N)=Cc3cc(N)c([nH]3)N=C1N2. The van der Waals surface area contributed by atoms with E-state index < -0.39 is 0 Å². The molecule has 138 valence electrons. The van der Waals surface area contributed by atoms with Gasteiger partial charge in [0.25, 0.3) is 0 Å². The van der Waals surface area contributed by atoms with E-state index >= 15 is 0 Å². The van der Waals surface area contributed by atoms with Gasteiger partial charge in [0.2, 0.25) is 0 Å². The van der Waals surface area contributed by atoms with Crippen LogP contribution in [0.4, 0.5) is 17.2 Å². The summed E-state index contributed by atoms with van der Waals surface area (Å²) in [6.45, 7) is 0. The van der Waals surface area contributed by atoms with Crippen molar-refractivity contribution in [1.82, 2.24) is 15.3 Å². The zero-order valence-electron chi connectivity index (χ0n) is 14.5. The highest BCUT2D eigenvalue weighted by Crippen LogP contribution is 2.24. The van der Waals surface area contributed by atoms with E-state index in [4.69, 9.17) is 22.6 Å². The van der Waals surface area contributed by atoms with Gasteiger partial charge < -0.3 is 32.5 Å². The topological polar surface area (TPSA) is 183 Å². The highest BCUT2D eigenvalue weighted by molar-refractivity contribution is 6.47. The van der Waals surface area contributed by atoms with Crippen LogP contribution in [0.2, 0.25) is 0 Å². The lowest BCUT2D eigenvalue weighted by Gasteiger charge is -2.01. The molecule has 2 aromatic heterocycles. The van der Waals surface area contributed by atoms with E-state index in [2.05, 4.69) is 30.3 Å². The minimum atomic E-state index is 0.237. The highest BCUT2D eigenvalue weighted by atomic mass is 15.1. The Morgan fingerprint density at radius 3 is 2.57 bits per heavy atom. The molecule has 0 saturated heterocycles. The van der Waals surface area contributed by atoms with Crippen molar-refractivity contribution in [2.45, 2.75) is 0 Å². The van der Waals surface area contributed by atoms with Gasteiger partial charge in [-0.2, -0.15) is 0 Å². The number of aromatic nitrogens is 2. The van der Waals surface area contributed by atoms with Crippen LogP contribution in [0.5, 0.6) is 0 Å². The summed E-state index contributed by atoms with van der Waals surface area (Å²) in [6.07, 6.45) is 6.96. The molecule has 0 radical (unpaired) electrons. The molecule has 5 heterocycles. The normalized spacial score (nSPS) is 17.6. The fraction of sp³-hybridized carbons (Fsp3) is 0. The Bertz CT molecular complexity index is 1320. The van der Waals surface area contributed by atoms with Crippen molar-refractivity contribution in [3.8, 4) is 0 Å². The van der Waals surface area contributed by atoms with Crippen LogP contribution in [0.25, 0.3) is 6.08 Å². The molecule has 10 heteroatoms. The number of fused-ring (bicyclic) bond motifs is 7. The van der Waals surface area contributed by atoms with Gasteiger partial charge in [-0.05, 0) is 36.4 Å². The quantitative estimate of drug-likeness (QED) is 0.333. The van der Waals surface area contributed by atoms with E-state index in [1.807, 2.05) is 6.08 Å². The molecule has 28 heavy (non-hydrogen) atoms. The van der Waals surface area contributed by atoms with Crippen molar-refractivity contribution >= 4 is 40.7 Å². The first kappa shape index (κ1) is 15.9. The monoisotopic (exact) mass is 372 g/mol. The third kappa shape index (κ3) is 2.60. The smallest absolute Gasteiger partial charge is 0.178 e. The Hall–Kier alpha value is -4.34. The standard InChI is InChI=1S/C18H16N10/c19-11-3-7-1-8-4-12(20)16(24-8)28-18-14(22)6-10(26-18)2-9-5-13(21)17(25-9)27-15(11)23-7/h1-6,19,25H,20-22H2,(H,23,27)(H,24,26,28). The Morgan fingerprint density at radius 1 is 0.857 bits per heavy atom. The van der Waals surface area contributed by atoms with Crippen LogP contribution in [0.3, 0.4) is 0 Å². The van der Waals surface area contributed by atoms with Crippen LogP contribution in [-0.2, 0) is 0 Å². The Kier molecular flexibility index (Phi) is 3.16. The molecule has 0 amide bonds. The molecular weight excluding hydrogens is 356 g/mol. The van der Waals surface area contributed by atoms with Crippen molar-refractivity contribution in [2.75, 3.05) is 11.5 Å². The molecule has 3 aliphatic rings. The first-order valence-electron chi connectivity index (χ1n) is 8.42. The van der Waals surface area contributed by atoms with Gasteiger partial charge >= 0.3 is 0 Å².